The molecule has 4 heterocycles. The van der Waals surface area contributed by atoms with Gasteiger partial charge < -0.3 is 19.1 Å². The first-order valence-corrected chi connectivity index (χ1v) is 13.2. The van der Waals surface area contributed by atoms with Crippen LogP contribution >= 0.6 is 22.9 Å². The Morgan fingerprint density at radius 1 is 1.22 bits per heavy atom. The van der Waals surface area contributed by atoms with Crippen molar-refractivity contribution in [2.24, 2.45) is 0 Å². The molecule has 7 nitrogen and oxygen atoms in total. The van der Waals surface area contributed by atoms with Crippen molar-refractivity contribution in [3.05, 3.63) is 75.3 Å². The highest BCUT2D eigenvalue weighted by Gasteiger charge is 2.24. The van der Waals surface area contributed by atoms with Gasteiger partial charge in [0.2, 0.25) is 0 Å². The fourth-order valence-corrected chi connectivity index (χ4v) is 6.05. The van der Waals surface area contributed by atoms with Gasteiger partial charge in [-0.2, -0.15) is 0 Å². The molecule has 0 atom stereocenters. The van der Waals surface area contributed by atoms with E-state index in [2.05, 4.69) is 32.8 Å². The molecule has 1 fully saturated rings. The summed E-state index contributed by atoms with van der Waals surface area (Å²) in [6, 6.07) is 11.1. The summed E-state index contributed by atoms with van der Waals surface area (Å²) in [5, 5.41) is 10.7. The Morgan fingerprint density at radius 2 is 2.06 bits per heavy atom. The molecule has 0 saturated carbocycles. The predicted octanol–water partition coefficient (Wildman–Crippen LogP) is 5.76. The van der Waals surface area contributed by atoms with Crippen molar-refractivity contribution < 1.29 is 19.4 Å². The maximum Gasteiger partial charge on any atom is 0.339 e. The summed E-state index contributed by atoms with van der Waals surface area (Å²) in [6.45, 7) is 3.85. The van der Waals surface area contributed by atoms with E-state index in [-0.39, 0.29) is 11.3 Å². The van der Waals surface area contributed by atoms with Crippen molar-refractivity contribution in [2.45, 2.75) is 25.3 Å². The van der Waals surface area contributed by atoms with E-state index in [1.165, 1.54) is 29.0 Å². The number of rotatable bonds is 9. The minimum atomic E-state index is -1.03. The molecule has 1 aromatic carbocycles. The molecule has 1 N–H and O–H groups in total. The number of carbonyl (C=O) groups is 1. The molecule has 4 aromatic rings. The highest BCUT2D eigenvalue weighted by Crippen LogP contribution is 2.35. The highest BCUT2D eigenvalue weighted by atomic mass is 35.5. The third-order valence-electron chi connectivity index (χ3n) is 6.78. The van der Waals surface area contributed by atoms with Crippen LogP contribution in [0.1, 0.15) is 39.6 Å². The molecule has 36 heavy (non-hydrogen) atoms. The van der Waals surface area contributed by atoms with Crippen LogP contribution < -0.4 is 9.47 Å². The second-order valence-electron chi connectivity index (χ2n) is 8.92. The number of aromatic carboxylic acids is 1. The number of pyridine rings is 1. The van der Waals surface area contributed by atoms with Crippen LogP contribution in [0.3, 0.4) is 0 Å². The Kier molecular flexibility index (Phi) is 7.46. The van der Waals surface area contributed by atoms with Crippen LogP contribution in [0.15, 0.2) is 55.0 Å². The Bertz CT molecular complexity index is 1360. The van der Waals surface area contributed by atoms with E-state index in [4.69, 9.17) is 21.1 Å². The van der Waals surface area contributed by atoms with Gasteiger partial charge in [0.15, 0.2) is 11.5 Å². The van der Waals surface area contributed by atoms with Gasteiger partial charge in [-0.25, -0.2) is 4.79 Å². The van der Waals surface area contributed by atoms with Gasteiger partial charge in [-0.05, 0) is 67.7 Å². The van der Waals surface area contributed by atoms with Gasteiger partial charge in [0, 0.05) is 29.2 Å². The number of thiophene rings is 1. The normalized spacial score (nSPS) is 14.8. The first-order chi connectivity index (χ1) is 17.5. The minimum absolute atomic E-state index is 0.115. The molecule has 1 saturated heterocycles. The number of nitrogens with zero attached hydrogens (tertiary/aromatic N) is 3. The van der Waals surface area contributed by atoms with Crippen LogP contribution in [0, 0.1) is 0 Å². The molecule has 1 aliphatic heterocycles. The quantitative estimate of drug-likeness (QED) is 0.299. The van der Waals surface area contributed by atoms with Crippen molar-refractivity contribution in [1.82, 2.24) is 14.5 Å². The molecule has 0 amide bonds. The lowest BCUT2D eigenvalue weighted by molar-refractivity contribution is 0.0690. The number of hydrogen-bond donors (Lipinski definition) is 1. The second kappa shape index (κ2) is 10.9. The summed E-state index contributed by atoms with van der Waals surface area (Å²) < 4.78 is 14.3. The Balaban J connectivity index is 1.22. The average molecular weight is 526 g/mol. The number of halogens is 1. The highest BCUT2D eigenvalue weighted by molar-refractivity contribution is 7.16. The van der Waals surface area contributed by atoms with E-state index < -0.39 is 5.97 Å². The minimum Gasteiger partial charge on any atom is -0.493 e. The monoisotopic (exact) mass is 525 g/mol. The van der Waals surface area contributed by atoms with Crippen molar-refractivity contribution in [2.75, 3.05) is 33.4 Å². The fraction of sp³-hybridized carbons (Fsp3) is 0.333. The number of likely N-dealkylation sites (tertiary alicyclic amines) is 1. The largest absolute Gasteiger partial charge is 0.493 e. The van der Waals surface area contributed by atoms with Crippen LogP contribution in [0.25, 0.3) is 10.9 Å². The number of ether oxygens (including phenoxy) is 2. The Hall–Kier alpha value is -3.07. The molecule has 5 rings (SSSR count). The zero-order chi connectivity index (χ0) is 25.1. The number of hydrogen-bond acceptors (Lipinski definition) is 6. The lowest BCUT2D eigenvalue weighted by Gasteiger charge is -2.32. The first kappa shape index (κ1) is 24.6. The van der Waals surface area contributed by atoms with Crippen LogP contribution in [0.4, 0.5) is 0 Å². The summed E-state index contributed by atoms with van der Waals surface area (Å²) in [6.07, 6.45) is 8.22. The molecular weight excluding hydrogens is 498 g/mol. The number of benzene rings is 1. The molecule has 0 spiro atoms. The number of carboxylic acids is 1. The zero-order valence-electron chi connectivity index (χ0n) is 20.0. The molecule has 3 aromatic heterocycles. The third-order valence-corrected chi connectivity index (χ3v) is 8.00. The van der Waals surface area contributed by atoms with E-state index in [1.54, 1.807) is 23.5 Å². The van der Waals surface area contributed by atoms with E-state index in [0.717, 1.165) is 48.9 Å². The average Bonchev–Trinajstić information content (AvgIpc) is 3.47. The zero-order valence-corrected chi connectivity index (χ0v) is 21.6. The summed E-state index contributed by atoms with van der Waals surface area (Å²) in [5.74, 6) is 0.175. The summed E-state index contributed by atoms with van der Waals surface area (Å²) in [7, 11) is 1.52. The number of aromatic nitrogens is 2. The molecule has 0 aliphatic carbocycles. The molecule has 0 unspecified atom stereocenters. The summed E-state index contributed by atoms with van der Waals surface area (Å²) in [5.41, 5.74) is 2.65. The number of para-hydroxylation sites is 1. The van der Waals surface area contributed by atoms with Crippen LogP contribution in [0.2, 0.25) is 4.34 Å². The van der Waals surface area contributed by atoms with E-state index >= 15 is 0 Å². The van der Waals surface area contributed by atoms with Gasteiger partial charge in [-0.15, -0.1) is 11.3 Å². The lowest BCUT2D eigenvalue weighted by atomic mass is 9.89. The summed E-state index contributed by atoms with van der Waals surface area (Å²) in [4.78, 5) is 19.5. The van der Waals surface area contributed by atoms with Crippen molar-refractivity contribution >= 4 is 39.8 Å². The number of carboxylic acid groups (broad SMARTS) is 1. The first-order valence-electron chi connectivity index (χ1n) is 12.0. The number of methoxy groups -OCH3 is 1. The summed E-state index contributed by atoms with van der Waals surface area (Å²) >= 11 is 7.76. The van der Waals surface area contributed by atoms with E-state index in [9.17, 15) is 9.90 Å². The van der Waals surface area contributed by atoms with Gasteiger partial charge in [0.25, 0.3) is 0 Å². The van der Waals surface area contributed by atoms with Crippen LogP contribution in [0.5, 0.6) is 11.5 Å². The van der Waals surface area contributed by atoms with Gasteiger partial charge in [-0.3, -0.25) is 9.88 Å². The van der Waals surface area contributed by atoms with Crippen molar-refractivity contribution in [3.63, 3.8) is 0 Å². The third kappa shape index (κ3) is 5.21. The van der Waals surface area contributed by atoms with E-state index in [1.807, 2.05) is 18.5 Å². The lowest BCUT2D eigenvalue weighted by Crippen LogP contribution is -2.36. The maximum atomic E-state index is 11.6. The van der Waals surface area contributed by atoms with Gasteiger partial charge in [-0.1, -0.05) is 17.7 Å². The Labute approximate surface area is 218 Å². The fourth-order valence-electron chi connectivity index (χ4n) is 4.97. The molecular formula is C27H28ClN3O4S. The van der Waals surface area contributed by atoms with Crippen molar-refractivity contribution in [3.8, 4) is 11.5 Å². The second-order valence-corrected chi connectivity index (χ2v) is 10.7. The topological polar surface area (TPSA) is 76.8 Å². The van der Waals surface area contributed by atoms with Gasteiger partial charge in [0.05, 0.1) is 29.7 Å². The molecule has 9 heteroatoms. The van der Waals surface area contributed by atoms with Crippen molar-refractivity contribution in [1.29, 1.82) is 0 Å². The molecule has 1 aliphatic rings. The van der Waals surface area contributed by atoms with Gasteiger partial charge >= 0.3 is 5.97 Å². The smallest absolute Gasteiger partial charge is 0.339 e. The number of piperidine rings is 1. The van der Waals surface area contributed by atoms with Crippen LogP contribution in [-0.4, -0.2) is 58.9 Å². The molecule has 188 valence electrons. The standard InChI is InChI=1S/C27H28ClN3O4S/c1-34-24-4-2-3-21(27(32)33)26(24)35-14-13-30-11-8-18(9-12-30)22-17-31(16-19-5-6-25(28)36-19)23-15-29-10-7-20(22)23/h2-7,10,15,17-18H,8-9,11-14,16H2,1H3,(H,32,33). The SMILES string of the molecule is COc1cccc(C(=O)O)c1OCCN1CCC(c2cn(Cc3ccc(Cl)s3)c3cnccc23)CC1. The number of fused-ring (bicyclic) bond motifs is 1. The van der Waals surface area contributed by atoms with Crippen LogP contribution in [-0.2, 0) is 6.54 Å². The van der Waals surface area contributed by atoms with Gasteiger partial charge in [0.1, 0.15) is 12.2 Å². The Morgan fingerprint density at radius 3 is 2.78 bits per heavy atom. The molecule has 0 radical (unpaired) electrons. The van der Waals surface area contributed by atoms with E-state index in [0.29, 0.717) is 18.3 Å². The molecule has 0 bridgehead atoms. The predicted molar refractivity (Wildman–Crippen MR) is 142 cm³/mol. The maximum absolute atomic E-state index is 11.6.